The highest BCUT2D eigenvalue weighted by Gasteiger charge is 2.19. The van der Waals surface area contributed by atoms with Crippen molar-refractivity contribution in [3.63, 3.8) is 0 Å². The summed E-state index contributed by atoms with van der Waals surface area (Å²) in [6.07, 6.45) is 1.46. The average Bonchev–Trinajstić information content (AvgIpc) is 2.74. The van der Waals surface area contributed by atoms with E-state index in [4.69, 9.17) is 16.3 Å². The van der Waals surface area contributed by atoms with Gasteiger partial charge in [-0.15, -0.1) is 0 Å². The Morgan fingerprint density at radius 1 is 1.29 bits per heavy atom. The fourth-order valence-corrected chi connectivity index (χ4v) is 2.45. The number of nitrogens with zero attached hydrogens (tertiary/aromatic N) is 4. The van der Waals surface area contributed by atoms with Crippen molar-refractivity contribution in [3.05, 3.63) is 34.9 Å². The van der Waals surface area contributed by atoms with E-state index in [1.807, 2.05) is 7.05 Å². The molecule has 0 aliphatic rings. The summed E-state index contributed by atoms with van der Waals surface area (Å²) in [5.41, 5.74) is 2.46. The molecule has 0 spiro atoms. The molecular formula is C14H12ClFN4O. The molecule has 0 bridgehead atoms. The molecular weight excluding hydrogens is 295 g/mol. The third-order valence-electron chi connectivity index (χ3n) is 3.26. The second-order valence-corrected chi connectivity index (χ2v) is 5.02. The van der Waals surface area contributed by atoms with Gasteiger partial charge >= 0.3 is 0 Å². The van der Waals surface area contributed by atoms with Crippen molar-refractivity contribution in [1.29, 1.82) is 0 Å². The lowest BCUT2D eigenvalue weighted by molar-refractivity contribution is 0.412. The van der Waals surface area contributed by atoms with Crippen LogP contribution < -0.4 is 4.74 Å². The van der Waals surface area contributed by atoms with Crippen LogP contribution in [0.2, 0.25) is 5.15 Å². The summed E-state index contributed by atoms with van der Waals surface area (Å²) in [6, 6.07) is 2.76. The topological polar surface area (TPSA) is 52.8 Å². The molecule has 7 heteroatoms. The summed E-state index contributed by atoms with van der Waals surface area (Å²) < 4.78 is 20.6. The van der Waals surface area contributed by atoms with Gasteiger partial charge in [0, 0.05) is 13.1 Å². The van der Waals surface area contributed by atoms with E-state index in [9.17, 15) is 4.39 Å². The van der Waals surface area contributed by atoms with Crippen molar-refractivity contribution < 1.29 is 9.13 Å². The highest BCUT2D eigenvalue weighted by Crippen LogP contribution is 2.34. The first kappa shape index (κ1) is 13.8. The van der Waals surface area contributed by atoms with Crippen LogP contribution >= 0.6 is 11.6 Å². The van der Waals surface area contributed by atoms with Crippen LogP contribution in [0.5, 0.6) is 5.75 Å². The lowest BCUT2D eigenvalue weighted by Gasteiger charge is -2.11. The Kier molecular flexibility index (Phi) is 3.25. The van der Waals surface area contributed by atoms with Crippen molar-refractivity contribution in [1.82, 2.24) is 19.5 Å². The van der Waals surface area contributed by atoms with Gasteiger partial charge in [0.2, 0.25) is 0 Å². The van der Waals surface area contributed by atoms with Gasteiger partial charge in [-0.1, -0.05) is 11.6 Å². The van der Waals surface area contributed by atoms with Crippen LogP contribution in [-0.4, -0.2) is 26.6 Å². The lowest BCUT2D eigenvalue weighted by atomic mass is 10.1. The first-order chi connectivity index (χ1) is 10.0. The van der Waals surface area contributed by atoms with E-state index < -0.39 is 0 Å². The number of imidazole rings is 1. The molecule has 2 aromatic heterocycles. The summed E-state index contributed by atoms with van der Waals surface area (Å²) in [5, 5.41) is 0.273. The largest absolute Gasteiger partial charge is 0.496 e. The Bertz CT molecular complexity index is 847. The van der Waals surface area contributed by atoms with Gasteiger partial charge in [-0.2, -0.15) is 0 Å². The standard InChI is InChI=1S/C14H12ClFN4O/c1-7-4-8(16)5-9(21-3)11(7)13-19-12-14(20(13)2)17-6-10(15)18-12/h4-6H,1-3H3. The normalized spacial score (nSPS) is 11.1. The van der Waals surface area contributed by atoms with Crippen molar-refractivity contribution in [2.45, 2.75) is 6.92 Å². The van der Waals surface area contributed by atoms with Crippen molar-refractivity contribution >= 4 is 22.9 Å². The van der Waals surface area contributed by atoms with Crippen LogP contribution in [0.4, 0.5) is 4.39 Å². The molecule has 5 nitrogen and oxygen atoms in total. The van der Waals surface area contributed by atoms with E-state index in [2.05, 4.69) is 15.0 Å². The van der Waals surface area contributed by atoms with Crippen LogP contribution in [0.25, 0.3) is 22.7 Å². The van der Waals surface area contributed by atoms with Crippen LogP contribution in [-0.2, 0) is 7.05 Å². The third kappa shape index (κ3) is 2.21. The third-order valence-corrected chi connectivity index (χ3v) is 3.44. The number of hydrogen-bond acceptors (Lipinski definition) is 4. The van der Waals surface area contributed by atoms with E-state index in [1.165, 1.54) is 25.4 Å². The summed E-state index contributed by atoms with van der Waals surface area (Å²) in [7, 11) is 3.31. The van der Waals surface area contributed by atoms with Gasteiger partial charge in [-0.25, -0.2) is 19.3 Å². The zero-order valence-electron chi connectivity index (χ0n) is 11.7. The molecule has 0 saturated carbocycles. The Balaban J connectivity index is 2.33. The number of aryl methyl sites for hydroxylation is 2. The zero-order valence-corrected chi connectivity index (χ0v) is 12.4. The van der Waals surface area contributed by atoms with E-state index in [-0.39, 0.29) is 11.0 Å². The van der Waals surface area contributed by atoms with Crippen LogP contribution in [0.3, 0.4) is 0 Å². The fourth-order valence-electron chi connectivity index (χ4n) is 2.32. The van der Waals surface area contributed by atoms with E-state index >= 15 is 0 Å². The molecule has 0 atom stereocenters. The molecule has 0 unspecified atom stereocenters. The minimum atomic E-state index is -0.355. The number of hydrogen-bond donors (Lipinski definition) is 0. The molecule has 0 fully saturated rings. The predicted molar refractivity (Wildman–Crippen MR) is 78.0 cm³/mol. The van der Waals surface area contributed by atoms with E-state index in [0.717, 1.165) is 5.56 Å². The number of rotatable bonds is 2. The average molecular weight is 307 g/mol. The number of fused-ring (bicyclic) bond motifs is 1. The summed E-state index contributed by atoms with van der Waals surface area (Å²) >= 11 is 5.84. The minimum absolute atomic E-state index is 0.273. The van der Waals surface area contributed by atoms with E-state index in [1.54, 1.807) is 11.5 Å². The number of methoxy groups -OCH3 is 1. The zero-order chi connectivity index (χ0) is 15.1. The Labute approximate surface area is 125 Å². The second-order valence-electron chi connectivity index (χ2n) is 4.63. The maximum atomic E-state index is 13.5. The molecule has 0 radical (unpaired) electrons. The molecule has 0 aliphatic carbocycles. The lowest BCUT2D eigenvalue weighted by Crippen LogP contribution is -1.99. The number of ether oxygens (including phenoxy) is 1. The molecule has 0 amide bonds. The van der Waals surface area contributed by atoms with Gasteiger partial charge in [0.25, 0.3) is 0 Å². The first-order valence-electron chi connectivity index (χ1n) is 6.20. The molecule has 3 rings (SSSR count). The van der Waals surface area contributed by atoms with Crippen molar-refractivity contribution in [3.8, 4) is 17.1 Å². The van der Waals surface area contributed by atoms with Gasteiger partial charge < -0.3 is 9.30 Å². The van der Waals surface area contributed by atoms with Gasteiger partial charge in [0.15, 0.2) is 11.3 Å². The molecule has 0 N–H and O–H groups in total. The van der Waals surface area contributed by atoms with Crippen molar-refractivity contribution in [2.75, 3.05) is 7.11 Å². The summed E-state index contributed by atoms with van der Waals surface area (Å²) in [5.74, 6) is 0.657. The molecule has 0 aliphatic heterocycles. The van der Waals surface area contributed by atoms with E-state index in [0.29, 0.717) is 28.4 Å². The maximum absolute atomic E-state index is 13.5. The molecule has 3 aromatic rings. The monoisotopic (exact) mass is 306 g/mol. The maximum Gasteiger partial charge on any atom is 0.199 e. The van der Waals surface area contributed by atoms with Crippen molar-refractivity contribution in [2.24, 2.45) is 7.05 Å². The summed E-state index contributed by atoms with van der Waals surface area (Å²) in [6.45, 7) is 1.80. The van der Waals surface area contributed by atoms with Crippen LogP contribution in [0.1, 0.15) is 5.56 Å². The molecule has 21 heavy (non-hydrogen) atoms. The highest BCUT2D eigenvalue weighted by atomic mass is 35.5. The Morgan fingerprint density at radius 2 is 2.05 bits per heavy atom. The van der Waals surface area contributed by atoms with Gasteiger partial charge in [0.1, 0.15) is 22.5 Å². The number of benzene rings is 1. The van der Waals surface area contributed by atoms with Gasteiger partial charge in [-0.05, 0) is 18.6 Å². The molecule has 108 valence electrons. The molecule has 2 heterocycles. The SMILES string of the molecule is COc1cc(F)cc(C)c1-c1nc2nc(Cl)cnc2n1C. The number of aromatic nitrogens is 4. The number of halogens is 2. The molecule has 0 saturated heterocycles. The molecule has 1 aromatic carbocycles. The van der Waals surface area contributed by atoms with Crippen LogP contribution in [0, 0.1) is 12.7 Å². The van der Waals surface area contributed by atoms with Gasteiger partial charge in [-0.3, -0.25) is 0 Å². The minimum Gasteiger partial charge on any atom is -0.496 e. The highest BCUT2D eigenvalue weighted by molar-refractivity contribution is 6.29. The van der Waals surface area contributed by atoms with Gasteiger partial charge in [0.05, 0.1) is 18.9 Å². The quantitative estimate of drug-likeness (QED) is 0.730. The smallest absolute Gasteiger partial charge is 0.199 e. The van der Waals surface area contributed by atoms with Crippen LogP contribution in [0.15, 0.2) is 18.3 Å². The Hall–Kier alpha value is -2.21. The summed E-state index contributed by atoms with van der Waals surface area (Å²) in [4.78, 5) is 12.8. The fraction of sp³-hybridized carbons (Fsp3) is 0.214. The Morgan fingerprint density at radius 3 is 2.76 bits per heavy atom. The second kappa shape index (κ2) is 4.96. The first-order valence-corrected chi connectivity index (χ1v) is 6.58. The predicted octanol–water partition coefficient (Wildman–Crippen LogP) is 3.14.